The summed E-state index contributed by atoms with van der Waals surface area (Å²) in [5.41, 5.74) is 3.14. The molecule has 3 rings (SSSR count). The first-order valence-electron chi connectivity index (χ1n) is 8.50. The highest BCUT2D eigenvalue weighted by atomic mass is 15.2. The van der Waals surface area contributed by atoms with Crippen LogP contribution in [-0.4, -0.2) is 36.6 Å². The van der Waals surface area contributed by atoms with Gasteiger partial charge in [0.2, 0.25) is 0 Å². The Bertz CT molecular complexity index is 466. The second-order valence-corrected chi connectivity index (χ2v) is 6.64. The summed E-state index contributed by atoms with van der Waals surface area (Å²) in [6.45, 7) is 5.90. The Balaban J connectivity index is 1.51. The number of nitrogens with one attached hydrogen (secondary N) is 1. The molecule has 1 aliphatic heterocycles. The van der Waals surface area contributed by atoms with Gasteiger partial charge in [-0.1, -0.05) is 42.0 Å². The van der Waals surface area contributed by atoms with E-state index in [0.717, 1.165) is 13.0 Å². The van der Waals surface area contributed by atoms with Crippen LogP contribution in [0.5, 0.6) is 0 Å². The molecule has 2 unspecified atom stereocenters. The van der Waals surface area contributed by atoms with E-state index in [4.69, 9.17) is 0 Å². The van der Waals surface area contributed by atoms with Crippen LogP contribution < -0.4 is 5.32 Å². The summed E-state index contributed by atoms with van der Waals surface area (Å²) < 4.78 is 0. The normalized spacial score (nSPS) is 26.8. The summed E-state index contributed by atoms with van der Waals surface area (Å²) in [5, 5.41) is 3.72. The highest BCUT2D eigenvalue weighted by Crippen LogP contribution is 2.22. The zero-order valence-electron chi connectivity index (χ0n) is 13.2. The van der Waals surface area contributed by atoms with Gasteiger partial charge in [0.25, 0.3) is 0 Å². The van der Waals surface area contributed by atoms with Crippen molar-refractivity contribution in [2.45, 2.75) is 51.1 Å². The predicted octanol–water partition coefficient (Wildman–Crippen LogP) is 3.39. The third-order valence-corrected chi connectivity index (χ3v) is 4.96. The molecule has 1 aromatic carbocycles. The Morgan fingerprint density at radius 1 is 1.24 bits per heavy atom. The molecule has 2 heteroatoms. The topological polar surface area (TPSA) is 15.3 Å². The van der Waals surface area contributed by atoms with Crippen molar-refractivity contribution >= 4 is 0 Å². The van der Waals surface area contributed by atoms with E-state index in [1.54, 1.807) is 5.57 Å². The van der Waals surface area contributed by atoms with E-state index < -0.39 is 0 Å². The minimum absolute atomic E-state index is 0.598. The summed E-state index contributed by atoms with van der Waals surface area (Å²) in [4.78, 5) is 2.68. The predicted molar refractivity (Wildman–Crippen MR) is 89.5 cm³/mol. The van der Waals surface area contributed by atoms with Crippen LogP contribution in [-0.2, 0) is 6.42 Å². The molecule has 1 saturated heterocycles. The molecule has 1 fully saturated rings. The van der Waals surface area contributed by atoms with Gasteiger partial charge in [-0.05, 0) is 44.6 Å². The zero-order valence-corrected chi connectivity index (χ0v) is 13.2. The quantitative estimate of drug-likeness (QED) is 0.834. The van der Waals surface area contributed by atoms with Gasteiger partial charge in [-0.25, -0.2) is 0 Å². The summed E-state index contributed by atoms with van der Waals surface area (Å²) in [6, 6.07) is 12.1. The van der Waals surface area contributed by atoms with Gasteiger partial charge < -0.3 is 5.32 Å². The highest BCUT2D eigenvalue weighted by Gasteiger charge is 2.24. The summed E-state index contributed by atoms with van der Waals surface area (Å²) >= 11 is 0. The third kappa shape index (κ3) is 4.18. The molecule has 1 aromatic rings. The molecule has 0 radical (unpaired) electrons. The Labute approximate surface area is 129 Å². The van der Waals surface area contributed by atoms with Crippen molar-refractivity contribution in [1.29, 1.82) is 0 Å². The monoisotopic (exact) mass is 284 g/mol. The van der Waals surface area contributed by atoms with Gasteiger partial charge in [-0.15, -0.1) is 0 Å². The number of hydrogen-bond donors (Lipinski definition) is 1. The van der Waals surface area contributed by atoms with Crippen LogP contribution in [0.2, 0.25) is 0 Å². The van der Waals surface area contributed by atoms with Crippen LogP contribution in [0.15, 0.2) is 42.0 Å². The summed E-state index contributed by atoms with van der Waals surface area (Å²) in [6.07, 6.45) is 8.92. The molecule has 2 atom stereocenters. The maximum absolute atomic E-state index is 3.72. The van der Waals surface area contributed by atoms with Gasteiger partial charge in [-0.2, -0.15) is 0 Å². The molecule has 0 bridgehead atoms. The van der Waals surface area contributed by atoms with Gasteiger partial charge >= 0.3 is 0 Å². The molecule has 114 valence electrons. The van der Waals surface area contributed by atoms with Crippen molar-refractivity contribution < 1.29 is 0 Å². The largest absolute Gasteiger partial charge is 0.311 e. The van der Waals surface area contributed by atoms with E-state index in [0.29, 0.717) is 12.1 Å². The van der Waals surface area contributed by atoms with Crippen LogP contribution in [0, 0.1) is 0 Å². The SMILES string of the molecule is CC1CNC(Cc2ccccc2)CN1CCC1=CCCC1. The van der Waals surface area contributed by atoms with Crippen molar-refractivity contribution in [3.05, 3.63) is 47.5 Å². The molecule has 2 aliphatic rings. The molecular formula is C19H28N2. The minimum atomic E-state index is 0.598. The van der Waals surface area contributed by atoms with Gasteiger partial charge in [0.05, 0.1) is 0 Å². The van der Waals surface area contributed by atoms with E-state index in [2.05, 4.69) is 53.5 Å². The van der Waals surface area contributed by atoms with Crippen LogP contribution in [0.4, 0.5) is 0 Å². The van der Waals surface area contributed by atoms with Crippen LogP contribution in [0.3, 0.4) is 0 Å². The second kappa shape index (κ2) is 7.24. The molecule has 0 spiro atoms. The smallest absolute Gasteiger partial charge is 0.0236 e. The van der Waals surface area contributed by atoms with Crippen molar-refractivity contribution in [3.8, 4) is 0 Å². The van der Waals surface area contributed by atoms with Crippen LogP contribution in [0.1, 0.15) is 38.2 Å². The summed E-state index contributed by atoms with van der Waals surface area (Å²) in [5.74, 6) is 0. The lowest BCUT2D eigenvalue weighted by molar-refractivity contribution is 0.142. The first-order chi connectivity index (χ1) is 10.3. The van der Waals surface area contributed by atoms with Gasteiger partial charge in [-0.3, -0.25) is 4.90 Å². The fraction of sp³-hybridized carbons (Fsp3) is 0.579. The second-order valence-electron chi connectivity index (χ2n) is 6.64. The van der Waals surface area contributed by atoms with Gasteiger partial charge in [0, 0.05) is 31.7 Å². The molecule has 0 aromatic heterocycles. The lowest BCUT2D eigenvalue weighted by Crippen LogP contribution is -2.56. The number of hydrogen-bond acceptors (Lipinski definition) is 2. The molecule has 1 heterocycles. The summed E-state index contributed by atoms with van der Waals surface area (Å²) in [7, 11) is 0. The lowest BCUT2D eigenvalue weighted by atomic mass is 10.0. The van der Waals surface area contributed by atoms with E-state index in [9.17, 15) is 0 Å². The molecule has 21 heavy (non-hydrogen) atoms. The van der Waals surface area contributed by atoms with E-state index in [1.807, 2.05) is 0 Å². The zero-order chi connectivity index (χ0) is 14.5. The fourth-order valence-electron chi connectivity index (χ4n) is 3.59. The lowest BCUT2D eigenvalue weighted by Gasteiger charge is -2.39. The first kappa shape index (κ1) is 14.8. The van der Waals surface area contributed by atoms with E-state index in [1.165, 1.54) is 44.3 Å². The van der Waals surface area contributed by atoms with Crippen molar-refractivity contribution in [1.82, 2.24) is 10.2 Å². The molecule has 2 nitrogen and oxygen atoms in total. The van der Waals surface area contributed by atoms with Crippen LogP contribution >= 0.6 is 0 Å². The Kier molecular flexibility index (Phi) is 5.10. The van der Waals surface area contributed by atoms with Crippen molar-refractivity contribution in [3.63, 3.8) is 0 Å². The maximum atomic E-state index is 3.72. The van der Waals surface area contributed by atoms with Gasteiger partial charge in [0.1, 0.15) is 0 Å². The molecular weight excluding hydrogens is 256 g/mol. The van der Waals surface area contributed by atoms with Crippen LogP contribution in [0.25, 0.3) is 0 Å². The van der Waals surface area contributed by atoms with Crippen molar-refractivity contribution in [2.75, 3.05) is 19.6 Å². The number of rotatable bonds is 5. The van der Waals surface area contributed by atoms with E-state index >= 15 is 0 Å². The third-order valence-electron chi connectivity index (χ3n) is 4.96. The standard InChI is InChI=1S/C19H28N2/c1-16-14-20-19(13-18-9-3-2-4-10-18)15-21(16)12-11-17-7-5-6-8-17/h2-4,7,9-10,16,19-20H,5-6,8,11-15H2,1H3. The van der Waals surface area contributed by atoms with Gasteiger partial charge in [0.15, 0.2) is 0 Å². The number of benzene rings is 1. The van der Waals surface area contributed by atoms with Crippen molar-refractivity contribution in [2.24, 2.45) is 0 Å². The number of nitrogens with zero attached hydrogens (tertiary/aromatic N) is 1. The molecule has 1 N–H and O–H groups in total. The Morgan fingerprint density at radius 2 is 2.10 bits per heavy atom. The number of piperazine rings is 1. The Hall–Kier alpha value is -1.12. The fourth-order valence-corrected chi connectivity index (χ4v) is 3.59. The number of allylic oxidation sites excluding steroid dienone is 1. The average molecular weight is 284 g/mol. The first-order valence-corrected chi connectivity index (χ1v) is 8.50. The molecule has 0 saturated carbocycles. The van der Waals surface area contributed by atoms with E-state index in [-0.39, 0.29) is 0 Å². The molecule has 0 amide bonds. The minimum Gasteiger partial charge on any atom is -0.311 e. The maximum Gasteiger partial charge on any atom is 0.0236 e. The highest BCUT2D eigenvalue weighted by molar-refractivity contribution is 5.16. The Morgan fingerprint density at radius 3 is 2.86 bits per heavy atom. The molecule has 1 aliphatic carbocycles. The average Bonchev–Trinajstić information content (AvgIpc) is 3.02.